The fourth-order valence-electron chi connectivity index (χ4n) is 3.26. The van der Waals surface area contributed by atoms with E-state index in [0.29, 0.717) is 38.4 Å². The molecule has 1 amide bonds. The van der Waals surface area contributed by atoms with E-state index in [1.165, 1.54) is 0 Å². The maximum absolute atomic E-state index is 12.8. The zero-order valence-corrected chi connectivity index (χ0v) is 11.4. The van der Waals surface area contributed by atoms with Crippen molar-refractivity contribution in [2.75, 3.05) is 6.54 Å². The number of oxime groups is 1. The molecule has 0 radical (unpaired) electrons. The average Bonchev–Trinajstić information content (AvgIpc) is 2.89. The summed E-state index contributed by atoms with van der Waals surface area (Å²) in [4.78, 5) is 14.5. The first-order chi connectivity index (χ1) is 9.56. The van der Waals surface area contributed by atoms with Crippen LogP contribution >= 0.6 is 0 Å². The molecular weight excluding hydrogens is 260 g/mol. The zero-order chi connectivity index (χ0) is 14.3. The molecule has 3 N–H and O–H groups in total. The van der Waals surface area contributed by atoms with Gasteiger partial charge in [0, 0.05) is 13.1 Å². The van der Waals surface area contributed by atoms with Crippen LogP contribution in [0.15, 0.2) is 11.5 Å². The van der Waals surface area contributed by atoms with Gasteiger partial charge in [0.2, 0.25) is 5.91 Å². The Labute approximate surface area is 116 Å². The zero-order valence-electron chi connectivity index (χ0n) is 11.4. The van der Waals surface area contributed by atoms with Crippen molar-refractivity contribution in [3.05, 3.63) is 12.2 Å². The lowest BCUT2D eigenvalue weighted by Crippen LogP contribution is -2.58. The van der Waals surface area contributed by atoms with E-state index in [1.807, 2.05) is 4.57 Å². The SMILES string of the molecule is CC1CC(C(=O)N2CCn3cnnc3C2)(C(N)=NO)C1. The lowest BCUT2D eigenvalue weighted by molar-refractivity contribution is -0.146. The van der Waals surface area contributed by atoms with Gasteiger partial charge in [-0.25, -0.2) is 0 Å². The summed E-state index contributed by atoms with van der Waals surface area (Å²) in [6, 6.07) is 0. The first kappa shape index (κ1) is 12.9. The lowest BCUT2D eigenvalue weighted by atomic mass is 9.61. The molecule has 108 valence electrons. The Morgan fingerprint density at radius 1 is 1.55 bits per heavy atom. The van der Waals surface area contributed by atoms with Gasteiger partial charge in [-0.15, -0.1) is 10.2 Å². The Balaban J connectivity index is 1.82. The first-order valence-electron chi connectivity index (χ1n) is 6.71. The standard InChI is InChI=1S/C12H18N6O2/c1-8-4-12(5-8,10(13)16-20)11(19)17-2-3-18-7-14-15-9(18)6-17/h7-8,20H,2-6H2,1H3,(H2,13,16). The van der Waals surface area contributed by atoms with Crippen LogP contribution in [0.4, 0.5) is 0 Å². The second-order valence-electron chi connectivity index (χ2n) is 5.75. The second kappa shape index (κ2) is 4.46. The molecule has 1 aromatic heterocycles. The first-order valence-corrected chi connectivity index (χ1v) is 6.71. The molecule has 0 unspecified atom stereocenters. The van der Waals surface area contributed by atoms with Crippen LogP contribution in [0.25, 0.3) is 0 Å². The lowest BCUT2D eigenvalue weighted by Gasteiger charge is -2.46. The summed E-state index contributed by atoms with van der Waals surface area (Å²) in [7, 11) is 0. The fourth-order valence-corrected chi connectivity index (χ4v) is 3.26. The van der Waals surface area contributed by atoms with Crippen molar-refractivity contribution in [3.63, 3.8) is 0 Å². The van der Waals surface area contributed by atoms with Crippen LogP contribution in [0.3, 0.4) is 0 Å². The summed E-state index contributed by atoms with van der Waals surface area (Å²) in [5, 5.41) is 19.9. The molecule has 1 fully saturated rings. The number of amides is 1. The van der Waals surface area contributed by atoms with Gasteiger partial charge >= 0.3 is 0 Å². The van der Waals surface area contributed by atoms with Gasteiger partial charge in [-0.3, -0.25) is 4.79 Å². The highest BCUT2D eigenvalue weighted by molar-refractivity contribution is 6.07. The Morgan fingerprint density at radius 2 is 2.30 bits per heavy atom. The summed E-state index contributed by atoms with van der Waals surface area (Å²) in [6.07, 6.45) is 2.93. The Kier molecular flexibility index (Phi) is 2.88. The molecule has 2 aliphatic rings. The smallest absolute Gasteiger partial charge is 0.237 e. The van der Waals surface area contributed by atoms with E-state index in [-0.39, 0.29) is 11.7 Å². The molecule has 1 aliphatic heterocycles. The largest absolute Gasteiger partial charge is 0.409 e. The van der Waals surface area contributed by atoms with E-state index < -0.39 is 5.41 Å². The van der Waals surface area contributed by atoms with Crippen molar-refractivity contribution in [2.45, 2.75) is 32.9 Å². The van der Waals surface area contributed by atoms with E-state index in [2.05, 4.69) is 22.3 Å². The van der Waals surface area contributed by atoms with Crippen molar-refractivity contribution in [3.8, 4) is 0 Å². The molecule has 20 heavy (non-hydrogen) atoms. The van der Waals surface area contributed by atoms with Crippen LogP contribution in [0.1, 0.15) is 25.6 Å². The van der Waals surface area contributed by atoms with E-state index in [0.717, 1.165) is 5.82 Å². The van der Waals surface area contributed by atoms with E-state index >= 15 is 0 Å². The number of nitrogens with zero attached hydrogens (tertiary/aromatic N) is 5. The monoisotopic (exact) mass is 278 g/mol. The summed E-state index contributed by atoms with van der Waals surface area (Å²) in [6.45, 7) is 3.76. The van der Waals surface area contributed by atoms with E-state index in [9.17, 15) is 4.79 Å². The molecule has 1 aromatic rings. The van der Waals surface area contributed by atoms with Gasteiger partial charge < -0.3 is 20.4 Å². The molecule has 1 aliphatic carbocycles. The molecule has 8 heteroatoms. The van der Waals surface area contributed by atoms with Crippen LogP contribution in [0, 0.1) is 11.3 Å². The van der Waals surface area contributed by atoms with Crippen molar-refractivity contribution < 1.29 is 10.0 Å². The van der Waals surface area contributed by atoms with Crippen LogP contribution in [-0.4, -0.2) is 43.2 Å². The number of carbonyl (C=O) groups is 1. The minimum atomic E-state index is -0.837. The average molecular weight is 278 g/mol. The minimum Gasteiger partial charge on any atom is -0.409 e. The quantitative estimate of drug-likeness (QED) is 0.336. The molecule has 0 bridgehead atoms. The second-order valence-corrected chi connectivity index (χ2v) is 5.75. The summed E-state index contributed by atoms with van der Waals surface area (Å²) >= 11 is 0. The Hall–Kier alpha value is -2.12. The van der Waals surface area contributed by atoms with Crippen molar-refractivity contribution in [2.24, 2.45) is 22.2 Å². The number of carbonyl (C=O) groups excluding carboxylic acids is 1. The summed E-state index contributed by atoms with van der Waals surface area (Å²) in [5.74, 6) is 1.13. The normalized spacial score (nSPS) is 29.8. The van der Waals surface area contributed by atoms with Crippen LogP contribution in [-0.2, 0) is 17.9 Å². The predicted octanol–water partition coefficient (Wildman–Crippen LogP) is -0.217. The fraction of sp³-hybridized carbons (Fsp3) is 0.667. The number of hydrogen-bond donors (Lipinski definition) is 2. The number of nitrogens with two attached hydrogens (primary N) is 1. The van der Waals surface area contributed by atoms with Crippen molar-refractivity contribution in [1.82, 2.24) is 19.7 Å². The van der Waals surface area contributed by atoms with Gasteiger partial charge in [-0.2, -0.15) is 0 Å². The molecule has 8 nitrogen and oxygen atoms in total. The van der Waals surface area contributed by atoms with E-state index in [4.69, 9.17) is 10.9 Å². The van der Waals surface area contributed by atoms with Crippen molar-refractivity contribution in [1.29, 1.82) is 0 Å². The number of amidine groups is 1. The van der Waals surface area contributed by atoms with Crippen molar-refractivity contribution >= 4 is 11.7 Å². The molecule has 0 saturated heterocycles. The van der Waals surface area contributed by atoms with Crippen LogP contribution in [0.2, 0.25) is 0 Å². The third kappa shape index (κ3) is 1.75. The molecule has 0 atom stereocenters. The Bertz CT molecular complexity index is 560. The van der Waals surface area contributed by atoms with Gasteiger partial charge in [-0.1, -0.05) is 12.1 Å². The molecule has 3 rings (SSSR count). The number of fused-ring (bicyclic) bond motifs is 1. The van der Waals surface area contributed by atoms with Gasteiger partial charge in [0.1, 0.15) is 11.7 Å². The number of hydrogen-bond acceptors (Lipinski definition) is 5. The molecule has 1 saturated carbocycles. The number of rotatable bonds is 2. The van der Waals surface area contributed by atoms with Gasteiger partial charge in [0.15, 0.2) is 11.7 Å². The van der Waals surface area contributed by atoms with Gasteiger partial charge in [-0.05, 0) is 18.8 Å². The minimum absolute atomic E-state index is 0.0210. The Morgan fingerprint density at radius 3 is 2.95 bits per heavy atom. The molecule has 2 heterocycles. The van der Waals surface area contributed by atoms with E-state index in [1.54, 1.807) is 11.2 Å². The maximum Gasteiger partial charge on any atom is 0.237 e. The highest BCUT2D eigenvalue weighted by atomic mass is 16.4. The highest BCUT2D eigenvalue weighted by Crippen LogP contribution is 2.47. The topological polar surface area (TPSA) is 110 Å². The predicted molar refractivity (Wildman–Crippen MR) is 69.7 cm³/mol. The molecule has 0 aromatic carbocycles. The summed E-state index contributed by atoms with van der Waals surface area (Å²) in [5.41, 5.74) is 4.94. The molecule has 0 spiro atoms. The van der Waals surface area contributed by atoms with Gasteiger partial charge in [0.25, 0.3) is 0 Å². The maximum atomic E-state index is 12.8. The van der Waals surface area contributed by atoms with Crippen LogP contribution < -0.4 is 5.73 Å². The third-order valence-corrected chi connectivity index (χ3v) is 4.33. The third-order valence-electron chi connectivity index (χ3n) is 4.33. The number of aromatic nitrogens is 3. The summed E-state index contributed by atoms with van der Waals surface area (Å²) < 4.78 is 1.93. The van der Waals surface area contributed by atoms with Crippen LogP contribution in [0.5, 0.6) is 0 Å². The van der Waals surface area contributed by atoms with Gasteiger partial charge in [0.05, 0.1) is 6.54 Å². The highest BCUT2D eigenvalue weighted by Gasteiger charge is 2.54. The molecular formula is C12H18N6O2.